The second-order valence-electron chi connectivity index (χ2n) is 5.15. The second-order valence-corrected chi connectivity index (χ2v) is 5.59. The van der Waals surface area contributed by atoms with E-state index < -0.39 is 6.10 Å². The summed E-state index contributed by atoms with van der Waals surface area (Å²) in [6, 6.07) is 12.0. The quantitative estimate of drug-likeness (QED) is 0.871. The van der Waals surface area contributed by atoms with Gasteiger partial charge in [-0.05, 0) is 55.2 Å². The highest BCUT2D eigenvalue weighted by atomic mass is 35.5. The number of aliphatic hydroxyl groups is 1. The Balaban J connectivity index is 2.25. The molecule has 0 amide bonds. The number of hydrogen-bond donors (Lipinski definition) is 1. The van der Waals surface area contributed by atoms with Crippen molar-refractivity contribution < 1.29 is 5.11 Å². The zero-order chi connectivity index (χ0) is 14.0. The Morgan fingerprint density at radius 3 is 2.42 bits per heavy atom. The first-order chi connectivity index (χ1) is 8.97. The number of aliphatic hydroxyl groups excluding tert-OH is 1. The minimum atomic E-state index is -0.488. The van der Waals surface area contributed by atoms with Gasteiger partial charge in [-0.15, -0.1) is 0 Å². The summed E-state index contributed by atoms with van der Waals surface area (Å²) in [5, 5.41) is 11.1. The van der Waals surface area contributed by atoms with E-state index in [0.29, 0.717) is 11.4 Å². The summed E-state index contributed by atoms with van der Waals surface area (Å²) in [5.74, 6) is 0. The highest BCUT2D eigenvalue weighted by Gasteiger charge is 2.13. The SMILES string of the molecule is Cc1ccc(C)c(CC(O)c2ccc(Cl)cc2C)c1. The number of hydrogen-bond acceptors (Lipinski definition) is 1. The van der Waals surface area contributed by atoms with E-state index in [2.05, 4.69) is 32.0 Å². The van der Waals surface area contributed by atoms with E-state index in [1.165, 1.54) is 16.7 Å². The third kappa shape index (κ3) is 3.37. The summed E-state index contributed by atoms with van der Waals surface area (Å²) in [5.41, 5.74) is 5.62. The summed E-state index contributed by atoms with van der Waals surface area (Å²) in [4.78, 5) is 0. The average molecular weight is 275 g/mol. The van der Waals surface area contributed by atoms with Crippen LogP contribution in [0.4, 0.5) is 0 Å². The number of rotatable bonds is 3. The summed E-state index contributed by atoms with van der Waals surface area (Å²) >= 11 is 5.95. The molecule has 1 N–H and O–H groups in total. The van der Waals surface area contributed by atoms with Gasteiger partial charge in [-0.1, -0.05) is 41.4 Å². The van der Waals surface area contributed by atoms with Crippen LogP contribution in [0.1, 0.15) is 33.9 Å². The fourth-order valence-corrected chi connectivity index (χ4v) is 2.58. The zero-order valence-corrected chi connectivity index (χ0v) is 12.3. The van der Waals surface area contributed by atoms with Gasteiger partial charge in [0, 0.05) is 11.4 Å². The predicted molar refractivity (Wildman–Crippen MR) is 80.8 cm³/mol. The van der Waals surface area contributed by atoms with Crippen LogP contribution in [0.5, 0.6) is 0 Å². The summed E-state index contributed by atoms with van der Waals surface area (Å²) in [6.07, 6.45) is 0.147. The van der Waals surface area contributed by atoms with Gasteiger partial charge >= 0.3 is 0 Å². The van der Waals surface area contributed by atoms with Crippen molar-refractivity contribution in [3.05, 3.63) is 69.2 Å². The van der Waals surface area contributed by atoms with Crippen LogP contribution in [0.2, 0.25) is 5.02 Å². The minimum Gasteiger partial charge on any atom is -0.388 e. The van der Waals surface area contributed by atoms with Crippen LogP contribution in [-0.4, -0.2) is 5.11 Å². The molecule has 1 nitrogen and oxygen atoms in total. The van der Waals surface area contributed by atoms with Gasteiger partial charge in [0.05, 0.1) is 6.10 Å². The Morgan fingerprint density at radius 1 is 1.00 bits per heavy atom. The number of halogens is 1. The van der Waals surface area contributed by atoms with Gasteiger partial charge in [0.15, 0.2) is 0 Å². The van der Waals surface area contributed by atoms with Crippen LogP contribution in [0.25, 0.3) is 0 Å². The Kier molecular flexibility index (Phi) is 4.28. The topological polar surface area (TPSA) is 20.2 Å². The van der Waals surface area contributed by atoms with Crippen molar-refractivity contribution in [1.82, 2.24) is 0 Å². The smallest absolute Gasteiger partial charge is 0.0833 e. The van der Waals surface area contributed by atoms with E-state index in [4.69, 9.17) is 11.6 Å². The van der Waals surface area contributed by atoms with Crippen molar-refractivity contribution in [3.63, 3.8) is 0 Å². The van der Waals surface area contributed by atoms with Crippen LogP contribution in [0.15, 0.2) is 36.4 Å². The van der Waals surface area contributed by atoms with Crippen molar-refractivity contribution in [3.8, 4) is 0 Å². The molecule has 0 radical (unpaired) electrons. The van der Waals surface area contributed by atoms with Crippen LogP contribution in [0, 0.1) is 20.8 Å². The largest absolute Gasteiger partial charge is 0.388 e. The predicted octanol–water partition coefficient (Wildman–Crippen LogP) is 4.54. The van der Waals surface area contributed by atoms with E-state index in [1.807, 2.05) is 25.1 Å². The third-order valence-electron chi connectivity index (χ3n) is 3.51. The van der Waals surface area contributed by atoms with Crippen molar-refractivity contribution >= 4 is 11.6 Å². The Labute approximate surface area is 119 Å². The van der Waals surface area contributed by atoms with Crippen molar-refractivity contribution in [1.29, 1.82) is 0 Å². The lowest BCUT2D eigenvalue weighted by atomic mass is 9.94. The molecule has 2 aromatic rings. The van der Waals surface area contributed by atoms with E-state index in [0.717, 1.165) is 11.1 Å². The van der Waals surface area contributed by atoms with E-state index in [1.54, 1.807) is 0 Å². The maximum Gasteiger partial charge on any atom is 0.0833 e. The van der Waals surface area contributed by atoms with Gasteiger partial charge in [0.25, 0.3) is 0 Å². The molecule has 0 bridgehead atoms. The molecule has 0 aliphatic rings. The van der Waals surface area contributed by atoms with E-state index in [-0.39, 0.29) is 0 Å². The fraction of sp³-hybridized carbons (Fsp3) is 0.294. The fourth-order valence-electron chi connectivity index (χ4n) is 2.35. The number of aryl methyl sites for hydroxylation is 3. The standard InChI is InChI=1S/C17H19ClO/c1-11-4-5-12(2)14(8-11)10-17(19)16-7-6-15(18)9-13(16)3/h4-9,17,19H,10H2,1-3H3. The first-order valence-electron chi connectivity index (χ1n) is 6.47. The van der Waals surface area contributed by atoms with Crippen LogP contribution < -0.4 is 0 Å². The molecule has 100 valence electrons. The van der Waals surface area contributed by atoms with Gasteiger partial charge in [-0.25, -0.2) is 0 Å². The van der Waals surface area contributed by atoms with E-state index in [9.17, 15) is 5.11 Å². The van der Waals surface area contributed by atoms with Crippen LogP contribution in [0.3, 0.4) is 0 Å². The zero-order valence-electron chi connectivity index (χ0n) is 11.6. The normalized spacial score (nSPS) is 12.5. The lowest BCUT2D eigenvalue weighted by molar-refractivity contribution is 0.177. The molecule has 0 spiro atoms. The molecule has 1 unspecified atom stereocenters. The lowest BCUT2D eigenvalue weighted by Gasteiger charge is -2.16. The molecule has 0 aliphatic heterocycles. The summed E-state index contributed by atoms with van der Waals surface area (Å²) in [6.45, 7) is 6.13. The van der Waals surface area contributed by atoms with Crippen LogP contribution in [-0.2, 0) is 6.42 Å². The monoisotopic (exact) mass is 274 g/mol. The van der Waals surface area contributed by atoms with Gasteiger partial charge in [0.2, 0.25) is 0 Å². The summed E-state index contributed by atoms with van der Waals surface area (Å²) in [7, 11) is 0. The molecule has 0 saturated heterocycles. The molecule has 0 aromatic heterocycles. The van der Waals surface area contributed by atoms with E-state index >= 15 is 0 Å². The Bertz CT molecular complexity index is 590. The maximum atomic E-state index is 10.4. The second kappa shape index (κ2) is 5.77. The first-order valence-corrected chi connectivity index (χ1v) is 6.85. The molecule has 0 fully saturated rings. The molecule has 0 saturated carbocycles. The molecule has 1 atom stereocenters. The van der Waals surface area contributed by atoms with Gasteiger partial charge in [0.1, 0.15) is 0 Å². The molecular formula is C17H19ClO. The maximum absolute atomic E-state index is 10.4. The summed E-state index contributed by atoms with van der Waals surface area (Å²) < 4.78 is 0. The highest BCUT2D eigenvalue weighted by molar-refractivity contribution is 6.30. The first kappa shape index (κ1) is 14.1. The molecule has 19 heavy (non-hydrogen) atoms. The molecule has 0 heterocycles. The molecule has 0 aliphatic carbocycles. The van der Waals surface area contributed by atoms with Crippen molar-refractivity contribution in [2.75, 3.05) is 0 Å². The molecule has 2 aromatic carbocycles. The van der Waals surface area contributed by atoms with Crippen molar-refractivity contribution in [2.24, 2.45) is 0 Å². The van der Waals surface area contributed by atoms with Gasteiger partial charge < -0.3 is 5.11 Å². The van der Waals surface area contributed by atoms with Crippen LogP contribution >= 0.6 is 11.6 Å². The molecule has 2 rings (SSSR count). The molecule has 2 heteroatoms. The Morgan fingerprint density at radius 2 is 1.74 bits per heavy atom. The van der Waals surface area contributed by atoms with Gasteiger partial charge in [-0.3, -0.25) is 0 Å². The average Bonchev–Trinajstić information content (AvgIpc) is 2.33. The third-order valence-corrected chi connectivity index (χ3v) is 3.74. The highest BCUT2D eigenvalue weighted by Crippen LogP contribution is 2.25. The van der Waals surface area contributed by atoms with Gasteiger partial charge in [-0.2, -0.15) is 0 Å². The number of benzene rings is 2. The molecular weight excluding hydrogens is 256 g/mol. The lowest BCUT2D eigenvalue weighted by Crippen LogP contribution is -2.05. The minimum absolute atomic E-state index is 0.488. The Hall–Kier alpha value is -1.31. The van der Waals surface area contributed by atoms with Crippen molar-refractivity contribution in [2.45, 2.75) is 33.3 Å².